The Morgan fingerprint density at radius 2 is 1.43 bits per heavy atom. The molecule has 0 spiro atoms. The normalized spacial score (nSPS) is 13.7. The van der Waals surface area contributed by atoms with Crippen molar-refractivity contribution >= 4 is 23.6 Å². The number of carbonyl (C=O) groups excluding carboxylic acids is 1. The lowest BCUT2D eigenvalue weighted by molar-refractivity contribution is 0.0696. The van der Waals surface area contributed by atoms with Gasteiger partial charge in [-0.25, -0.2) is 19.6 Å². The average molecular weight is 403 g/mol. The van der Waals surface area contributed by atoms with Gasteiger partial charge in [-0.3, -0.25) is 0 Å². The third-order valence-corrected chi connectivity index (χ3v) is 4.98. The highest BCUT2D eigenvalue weighted by molar-refractivity contribution is 5.90. The fourth-order valence-electron chi connectivity index (χ4n) is 3.28. The van der Waals surface area contributed by atoms with Crippen LogP contribution in [-0.4, -0.2) is 58.2 Å². The Morgan fingerprint density at radius 1 is 0.833 bits per heavy atom. The number of aromatic carboxylic acids is 1. The molecule has 1 aromatic heterocycles. The Labute approximate surface area is 173 Å². The summed E-state index contributed by atoms with van der Waals surface area (Å²) >= 11 is 0. The minimum atomic E-state index is -1.06. The molecule has 8 heteroatoms. The molecule has 1 aliphatic heterocycles. The van der Waals surface area contributed by atoms with Gasteiger partial charge in [-0.1, -0.05) is 42.5 Å². The van der Waals surface area contributed by atoms with Gasteiger partial charge in [0.05, 0.1) is 5.56 Å². The van der Waals surface area contributed by atoms with E-state index in [0.29, 0.717) is 32.1 Å². The Balaban J connectivity index is 1.31. The van der Waals surface area contributed by atoms with Crippen LogP contribution in [0.15, 0.2) is 67.0 Å². The third kappa shape index (κ3) is 4.38. The number of carbonyl (C=O) groups is 2. The van der Waals surface area contributed by atoms with E-state index < -0.39 is 5.97 Å². The number of aromatic nitrogens is 2. The smallest absolute Gasteiger partial charge is 0.338 e. The zero-order valence-corrected chi connectivity index (χ0v) is 16.2. The number of anilines is 2. The molecular weight excluding hydrogens is 382 g/mol. The molecule has 0 unspecified atom stereocenters. The first-order valence-corrected chi connectivity index (χ1v) is 9.62. The molecule has 0 saturated carbocycles. The third-order valence-electron chi connectivity index (χ3n) is 4.98. The highest BCUT2D eigenvalue weighted by Crippen LogP contribution is 2.21. The summed E-state index contributed by atoms with van der Waals surface area (Å²) in [5.41, 5.74) is 3.02. The van der Waals surface area contributed by atoms with Crippen molar-refractivity contribution in [2.75, 3.05) is 36.4 Å². The molecule has 1 saturated heterocycles. The zero-order valence-electron chi connectivity index (χ0n) is 16.2. The quantitative estimate of drug-likeness (QED) is 0.694. The fraction of sp³-hybridized carbons (Fsp3) is 0.182. The summed E-state index contributed by atoms with van der Waals surface area (Å²) in [5.74, 6) is -0.587. The maximum absolute atomic E-state index is 12.6. The number of nitrogens with zero attached hydrogens (tertiary/aromatic N) is 4. The number of carboxylic acid groups (broad SMARTS) is 1. The standard InChI is InChI=1S/C22H21N5O3/c28-20(29)18-14-23-21(24-15-18)26-10-12-27(13-11-26)22(30)25-19-8-6-17(7-9-19)16-4-2-1-3-5-16/h1-9,14-15H,10-13H2,(H,25,30)(H,28,29). The summed E-state index contributed by atoms with van der Waals surface area (Å²) in [6, 6.07) is 17.7. The molecule has 3 aromatic rings. The van der Waals surface area contributed by atoms with Crippen LogP contribution in [0.5, 0.6) is 0 Å². The summed E-state index contributed by atoms with van der Waals surface area (Å²) in [6.45, 7) is 2.20. The van der Waals surface area contributed by atoms with Crippen LogP contribution in [0.2, 0.25) is 0 Å². The SMILES string of the molecule is O=C(O)c1cnc(N2CCN(C(=O)Nc3ccc(-c4ccccc4)cc3)CC2)nc1. The number of urea groups is 1. The molecule has 30 heavy (non-hydrogen) atoms. The van der Waals surface area contributed by atoms with Crippen molar-refractivity contribution in [1.82, 2.24) is 14.9 Å². The zero-order chi connectivity index (χ0) is 20.9. The van der Waals surface area contributed by atoms with Crippen molar-refractivity contribution < 1.29 is 14.7 Å². The number of nitrogens with one attached hydrogen (secondary N) is 1. The fourth-order valence-corrected chi connectivity index (χ4v) is 3.28. The molecular formula is C22H21N5O3. The lowest BCUT2D eigenvalue weighted by Gasteiger charge is -2.34. The highest BCUT2D eigenvalue weighted by Gasteiger charge is 2.23. The van der Waals surface area contributed by atoms with Crippen molar-refractivity contribution in [1.29, 1.82) is 0 Å². The second-order valence-electron chi connectivity index (χ2n) is 6.92. The predicted molar refractivity (Wildman–Crippen MR) is 114 cm³/mol. The minimum Gasteiger partial charge on any atom is -0.478 e. The van der Waals surface area contributed by atoms with E-state index in [2.05, 4.69) is 15.3 Å². The molecule has 0 bridgehead atoms. The van der Waals surface area contributed by atoms with E-state index in [4.69, 9.17) is 5.11 Å². The Morgan fingerprint density at radius 3 is 2.03 bits per heavy atom. The van der Waals surface area contributed by atoms with Crippen LogP contribution in [0.1, 0.15) is 10.4 Å². The van der Waals surface area contributed by atoms with Crippen LogP contribution in [0.25, 0.3) is 11.1 Å². The lowest BCUT2D eigenvalue weighted by Crippen LogP contribution is -2.50. The molecule has 2 heterocycles. The predicted octanol–water partition coefficient (Wildman–Crippen LogP) is 3.20. The molecule has 4 rings (SSSR count). The number of hydrogen-bond donors (Lipinski definition) is 2. The van der Waals surface area contributed by atoms with Crippen molar-refractivity contribution in [3.8, 4) is 11.1 Å². The first kappa shape index (κ1) is 19.4. The van der Waals surface area contributed by atoms with Gasteiger partial charge in [0.1, 0.15) is 0 Å². The van der Waals surface area contributed by atoms with Gasteiger partial charge in [-0.2, -0.15) is 0 Å². The van der Waals surface area contributed by atoms with Gasteiger partial charge in [-0.15, -0.1) is 0 Å². The van der Waals surface area contributed by atoms with Crippen LogP contribution in [0.3, 0.4) is 0 Å². The van der Waals surface area contributed by atoms with Crippen LogP contribution in [-0.2, 0) is 0 Å². The second kappa shape index (κ2) is 8.60. The summed E-state index contributed by atoms with van der Waals surface area (Å²) in [4.78, 5) is 35.4. The maximum Gasteiger partial charge on any atom is 0.338 e. The molecule has 8 nitrogen and oxygen atoms in total. The van der Waals surface area contributed by atoms with E-state index in [1.54, 1.807) is 4.90 Å². The van der Waals surface area contributed by atoms with Crippen LogP contribution >= 0.6 is 0 Å². The van der Waals surface area contributed by atoms with E-state index in [-0.39, 0.29) is 11.6 Å². The van der Waals surface area contributed by atoms with Crippen molar-refractivity contribution in [3.05, 3.63) is 72.6 Å². The van der Waals surface area contributed by atoms with Crippen LogP contribution in [0, 0.1) is 0 Å². The molecule has 0 atom stereocenters. The molecule has 1 fully saturated rings. The highest BCUT2D eigenvalue weighted by atomic mass is 16.4. The number of amides is 2. The van der Waals surface area contributed by atoms with Gasteiger partial charge < -0.3 is 20.2 Å². The van der Waals surface area contributed by atoms with Gasteiger partial charge in [-0.05, 0) is 23.3 Å². The van der Waals surface area contributed by atoms with E-state index in [1.807, 2.05) is 59.5 Å². The monoisotopic (exact) mass is 403 g/mol. The molecule has 0 aliphatic carbocycles. The van der Waals surface area contributed by atoms with E-state index in [9.17, 15) is 9.59 Å². The van der Waals surface area contributed by atoms with Crippen molar-refractivity contribution in [3.63, 3.8) is 0 Å². The lowest BCUT2D eigenvalue weighted by atomic mass is 10.1. The average Bonchev–Trinajstić information content (AvgIpc) is 2.80. The van der Waals surface area contributed by atoms with E-state index in [1.165, 1.54) is 12.4 Å². The van der Waals surface area contributed by atoms with Gasteiger partial charge >= 0.3 is 12.0 Å². The van der Waals surface area contributed by atoms with Crippen LogP contribution < -0.4 is 10.2 Å². The van der Waals surface area contributed by atoms with Gasteiger partial charge in [0.15, 0.2) is 0 Å². The topological polar surface area (TPSA) is 98.7 Å². The largest absolute Gasteiger partial charge is 0.478 e. The molecule has 2 aromatic carbocycles. The summed E-state index contributed by atoms with van der Waals surface area (Å²) in [7, 11) is 0. The van der Waals surface area contributed by atoms with E-state index in [0.717, 1.165) is 16.8 Å². The summed E-state index contributed by atoms with van der Waals surface area (Å²) in [6.07, 6.45) is 2.59. The maximum atomic E-state index is 12.6. The Bertz CT molecular complexity index is 1010. The van der Waals surface area contributed by atoms with Crippen molar-refractivity contribution in [2.24, 2.45) is 0 Å². The molecule has 2 N–H and O–H groups in total. The number of rotatable bonds is 4. The molecule has 1 aliphatic rings. The van der Waals surface area contributed by atoms with Crippen molar-refractivity contribution in [2.45, 2.75) is 0 Å². The second-order valence-corrected chi connectivity index (χ2v) is 6.92. The van der Waals surface area contributed by atoms with E-state index >= 15 is 0 Å². The number of piperazine rings is 1. The molecule has 2 amide bonds. The van der Waals surface area contributed by atoms with Gasteiger partial charge in [0.25, 0.3) is 0 Å². The van der Waals surface area contributed by atoms with Gasteiger partial charge in [0, 0.05) is 44.3 Å². The summed E-state index contributed by atoms with van der Waals surface area (Å²) < 4.78 is 0. The minimum absolute atomic E-state index is 0.0510. The molecule has 152 valence electrons. The first-order chi connectivity index (χ1) is 14.6. The first-order valence-electron chi connectivity index (χ1n) is 9.62. The number of benzene rings is 2. The summed E-state index contributed by atoms with van der Waals surface area (Å²) in [5, 5.41) is 11.9. The number of hydrogen-bond acceptors (Lipinski definition) is 5. The number of carboxylic acids is 1. The van der Waals surface area contributed by atoms with Crippen LogP contribution in [0.4, 0.5) is 16.4 Å². The van der Waals surface area contributed by atoms with Gasteiger partial charge in [0.2, 0.25) is 5.95 Å². The molecule has 0 radical (unpaired) electrons. The Kier molecular flexibility index (Phi) is 5.56. The Hall–Kier alpha value is -3.94.